The number of amides is 1. The van der Waals surface area contributed by atoms with Crippen LogP contribution < -0.4 is 27.7 Å². The number of hydrogen-bond donors (Lipinski definition) is 4. The van der Waals surface area contributed by atoms with Crippen molar-refractivity contribution in [2.45, 2.75) is 44.3 Å². The first kappa shape index (κ1) is 23.6. The van der Waals surface area contributed by atoms with Gasteiger partial charge in [-0.25, -0.2) is 14.4 Å². The summed E-state index contributed by atoms with van der Waals surface area (Å²) in [5, 5.41) is 6.79. The Morgan fingerprint density at radius 2 is 2.06 bits per heavy atom. The maximum absolute atomic E-state index is 14.7. The molecule has 3 aromatic heterocycles. The molecule has 34 heavy (non-hydrogen) atoms. The van der Waals surface area contributed by atoms with Gasteiger partial charge in [-0.1, -0.05) is 12.8 Å². The van der Waals surface area contributed by atoms with E-state index in [-0.39, 0.29) is 34.8 Å². The van der Waals surface area contributed by atoms with E-state index in [1.54, 1.807) is 19.2 Å². The summed E-state index contributed by atoms with van der Waals surface area (Å²) in [6.07, 6.45) is 5.20. The van der Waals surface area contributed by atoms with Crippen molar-refractivity contribution in [3.63, 3.8) is 0 Å². The van der Waals surface area contributed by atoms with Crippen LogP contribution in [0.5, 0.6) is 0 Å². The second-order valence-electron chi connectivity index (χ2n) is 8.36. The van der Waals surface area contributed by atoms with E-state index in [2.05, 4.69) is 20.6 Å². The molecule has 0 spiro atoms. The zero-order valence-corrected chi connectivity index (χ0v) is 18.9. The van der Waals surface area contributed by atoms with Gasteiger partial charge in [0.15, 0.2) is 11.6 Å². The zero-order valence-electron chi connectivity index (χ0n) is 18.9. The van der Waals surface area contributed by atoms with Gasteiger partial charge in [-0.3, -0.25) is 14.2 Å². The molecule has 1 amide bonds. The van der Waals surface area contributed by atoms with Crippen molar-refractivity contribution < 1.29 is 13.9 Å². The van der Waals surface area contributed by atoms with Crippen LogP contribution in [0.1, 0.15) is 36.0 Å². The lowest BCUT2D eigenvalue weighted by atomic mass is 9.91. The highest BCUT2D eigenvalue weighted by Crippen LogP contribution is 2.27. The number of ether oxygens (including phenoxy) is 1. The molecule has 0 unspecified atom stereocenters. The van der Waals surface area contributed by atoms with E-state index in [0.29, 0.717) is 29.9 Å². The summed E-state index contributed by atoms with van der Waals surface area (Å²) in [6.45, 7) is 0.721. The molecule has 2 atom stereocenters. The van der Waals surface area contributed by atoms with E-state index < -0.39 is 11.7 Å². The van der Waals surface area contributed by atoms with Gasteiger partial charge in [0.1, 0.15) is 11.5 Å². The highest BCUT2D eigenvalue weighted by molar-refractivity contribution is 5.98. The summed E-state index contributed by atoms with van der Waals surface area (Å²) in [6, 6.07) is 5.70. The number of carbonyl (C=O) groups is 1. The summed E-state index contributed by atoms with van der Waals surface area (Å²) < 4.78 is 21.3. The van der Waals surface area contributed by atoms with Gasteiger partial charge in [-0.15, -0.1) is 0 Å². The minimum atomic E-state index is -0.822. The second kappa shape index (κ2) is 10.1. The Balaban J connectivity index is 1.67. The molecular weight excluding hydrogens is 441 g/mol. The van der Waals surface area contributed by atoms with Gasteiger partial charge in [0.2, 0.25) is 0 Å². The molecule has 1 aliphatic carbocycles. The summed E-state index contributed by atoms with van der Waals surface area (Å²) >= 11 is 0. The van der Waals surface area contributed by atoms with Crippen LogP contribution in [0.15, 0.2) is 35.3 Å². The number of primary amides is 1. The van der Waals surface area contributed by atoms with Crippen molar-refractivity contribution >= 4 is 34.3 Å². The molecule has 0 aromatic carbocycles. The maximum atomic E-state index is 14.7. The molecule has 3 aromatic rings. The van der Waals surface area contributed by atoms with E-state index in [0.717, 1.165) is 31.7 Å². The molecule has 0 aliphatic heterocycles. The number of carbonyl (C=O) groups excluding carboxylic acids is 1. The maximum Gasteiger partial charge on any atom is 0.252 e. The Kier molecular flexibility index (Phi) is 7.03. The molecule has 1 saturated carbocycles. The van der Waals surface area contributed by atoms with Crippen molar-refractivity contribution in [2.24, 2.45) is 11.5 Å². The molecule has 0 radical (unpaired) electrons. The number of pyridine rings is 3. The molecule has 0 saturated heterocycles. The van der Waals surface area contributed by atoms with Gasteiger partial charge < -0.3 is 26.8 Å². The highest BCUT2D eigenvalue weighted by atomic mass is 19.1. The molecule has 4 rings (SSSR count). The summed E-state index contributed by atoms with van der Waals surface area (Å²) in [4.78, 5) is 32.9. The number of hydrogen-bond acceptors (Lipinski definition) is 8. The van der Waals surface area contributed by atoms with E-state index in [9.17, 15) is 14.0 Å². The van der Waals surface area contributed by atoms with E-state index in [1.807, 2.05) is 0 Å². The zero-order chi connectivity index (χ0) is 24.2. The SMILES string of the molecule is COCCn1c(=O)ccc2cc(Nc3nc(N[C@@H]4CCCC[C@@H]4N)c(F)cc3C(N)=O)cnc21. The fraction of sp³-hybridized carbons (Fsp3) is 0.391. The minimum absolute atomic E-state index is 0.00278. The van der Waals surface area contributed by atoms with Crippen LogP contribution in [0.25, 0.3) is 11.0 Å². The van der Waals surface area contributed by atoms with Crippen molar-refractivity contribution in [1.29, 1.82) is 0 Å². The fourth-order valence-corrected chi connectivity index (χ4v) is 4.17. The van der Waals surface area contributed by atoms with Gasteiger partial charge in [0, 0.05) is 30.6 Å². The lowest BCUT2D eigenvalue weighted by molar-refractivity contribution is 0.100. The molecule has 3 heterocycles. The van der Waals surface area contributed by atoms with E-state index in [4.69, 9.17) is 16.2 Å². The lowest BCUT2D eigenvalue weighted by Gasteiger charge is -2.30. The first-order valence-corrected chi connectivity index (χ1v) is 11.2. The van der Waals surface area contributed by atoms with Crippen LogP contribution in [-0.2, 0) is 11.3 Å². The number of rotatable bonds is 8. The van der Waals surface area contributed by atoms with Crippen LogP contribution in [-0.4, -0.2) is 46.2 Å². The van der Waals surface area contributed by atoms with Crippen LogP contribution in [0, 0.1) is 5.82 Å². The van der Waals surface area contributed by atoms with E-state index in [1.165, 1.54) is 16.8 Å². The van der Waals surface area contributed by atoms with Crippen molar-refractivity contribution in [3.8, 4) is 0 Å². The molecule has 1 fully saturated rings. The summed E-state index contributed by atoms with van der Waals surface area (Å²) in [5.41, 5.74) is 12.4. The Labute approximate surface area is 195 Å². The normalized spacial score (nSPS) is 18.1. The second-order valence-corrected chi connectivity index (χ2v) is 8.36. The fourth-order valence-electron chi connectivity index (χ4n) is 4.17. The van der Waals surface area contributed by atoms with Gasteiger partial charge in [0.25, 0.3) is 11.5 Å². The number of fused-ring (bicyclic) bond motifs is 1. The minimum Gasteiger partial charge on any atom is -0.383 e. The molecular formula is C23H28FN7O3. The largest absolute Gasteiger partial charge is 0.383 e. The Morgan fingerprint density at radius 3 is 2.79 bits per heavy atom. The van der Waals surface area contributed by atoms with Crippen LogP contribution in [0.3, 0.4) is 0 Å². The van der Waals surface area contributed by atoms with Crippen LogP contribution >= 0.6 is 0 Å². The average molecular weight is 470 g/mol. The molecule has 1 aliphatic rings. The highest BCUT2D eigenvalue weighted by Gasteiger charge is 2.24. The van der Waals surface area contributed by atoms with Crippen molar-refractivity contribution in [3.05, 3.63) is 52.2 Å². The number of nitrogens with one attached hydrogen (secondary N) is 2. The first-order chi connectivity index (χ1) is 16.4. The number of aromatic nitrogens is 3. The van der Waals surface area contributed by atoms with Crippen LogP contribution in [0.2, 0.25) is 0 Å². The quantitative estimate of drug-likeness (QED) is 0.392. The Morgan fingerprint density at radius 1 is 1.26 bits per heavy atom. The monoisotopic (exact) mass is 469 g/mol. The third-order valence-corrected chi connectivity index (χ3v) is 5.99. The number of halogens is 1. The standard InChI is InChI=1S/C23H28FN7O3/c1-34-9-8-31-19(32)7-6-13-10-14(12-27-23(13)31)28-21-15(20(26)33)11-16(24)22(30-21)29-18-5-3-2-4-17(18)25/h6-7,10-12,17-18H,2-5,8-9,25H2,1H3,(H2,26,33)(H2,28,29,30)/t17-,18+/m0/s1. The summed E-state index contributed by atoms with van der Waals surface area (Å²) in [5.74, 6) is -1.42. The Bertz CT molecular complexity index is 1260. The molecule has 6 N–H and O–H groups in total. The third kappa shape index (κ3) is 5.00. The van der Waals surface area contributed by atoms with Gasteiger partial charge in [-0.2, -0.15) is 0 Å². The molecule has 180 valence electrons. The average Bonchev–Trinajstić information content (AvgIpc) is 2.81. The number of anilines is 3. The number of nitrogens with two attached hydrogens (primary N) is 2. The lowest BCUT2D eigenvalue weighted by Crippen LogP contribution is -2.43. The van der Waals surface area contributed by atoms with E-state index >= 15 is 0 Å². The smallest absolute Gasteiger partial charge is 0.252 e. The number of nitrogens with zero attached hydrogens (tertiary/aromatic N) is 3. The first-order valence-electron chi connectivity index (χ1n) is 11.2. The molecule has 0 bridgehead atoms. The number of methoxy groups -OCH3 is 1. The van der Waals surface area contributed by atoms with Crippen LogP contribution in [0.4, 0.5) is 21.7 Å². The topological polar surface area (TPSA) is 150 Å². The molecule has 11 heteroatoms. The van der Waals surface area contributed by atoms with Crippen molar-refractivity contribution in [1.82, 2.24) is 14.5 Å². The summed E-state index contributed by atoms with van der Waals surface area (Å²) in [7, 11) is 1.56. The van der Waals surface area contributed by atoms with Crippen molar-refractivity contribution in [2.75, 3.05) is 24.4 Å². The third-order valence-electron chi connectivity index (χ3n) is 5.99. The van der Waals surface area contributed by atoms with Gasteiger partial charge in [0.05, 0.1) is 30.6 Å². The predicted molar refractivity (Wildman–Crippen MR) is 128 cm³/mol. The van der Waals surface area contributed by atoms with Gasteiger partial charge >= 0.3 is 0 Å². The predicted octanol–water partition coefficient (Wildman–Crippen LogP) is 2.10. The van der Waals surface area contributed by atoms with Gasteiger partial charge in [-0.05, 0) is 31.0 Å². The molecule has 10 nitrogen and oxygen atoms in total. The Hall–Kier alpha value is -3.57.